The molecule has 0 saturated carbocycles. The van der Waals surface area contributed by atoms with Crippen molar-refractivity contribution in [3.05, 3.63) is 40.2 Å². The van der Waals surface area contributed by atoms with E-state index in [0.29, 0.717) is 5.89 Å². The second kappa shape index (κ2) is 3.06. The van der Waals surface area contributed by atoms with Crippen LogP contribution in [0, 0.1) is 0 Å². The number of rotatable bonds is 1. The van der Waals surface area contributed by atoms with Gasteiger partial charge in [-0.15, -0.1) is 16.4 Å². The smallest absolute Gasteiger partial charge is 0.388 e. The van der Waals surface area contributed by atoms with Gasteiger partial charge in [0.2, 0.25) is 0 Å². The lowest BCUT2D eigenvalue weighted by molar-refractivity contribution is 0.527. The molecule has 5 heteroatoms. The van der Waals surface area contributed by atoms with Crippen LogP contribution < -0.4 is 5.76 Å². The van der Waals surface area contributed by atoms with Gasteiger partial charge < -0.3 is 4.42 Å². The van der Waals surface area contributed by atoms with E-state index in [4.69, 9.17) is 4.42 Å². The van der Waals surface area contributed by atoms with Crippen molar-refractivity contribution in [3.8, 4) is 11.5 Å². The molecule has 0 fully saturated rings. The van der Waals surface area contributed by atoms with E-state index in [1.54, 1.807) is 11.3 Å². The number of nitrogens with one attached hydrogen (secondary N) is 1. The van der Waals surface area contributed by atoms with Gasteiger partial charge in [-0.2, -0.15) is 0 Å². The first kappa shape index (κ1) is 8.43. The monoisotopic (exact) mass is 218 g/mol. The van der Waals surface area contributed by atoms with Gasteiger partial charge in [0.05, 0.1) is 5.56 Å². The highest BCUT2D eigenvalue weighted by atomic mass is 32.1. The number of nitrogens with zero attached hydrogens (tertiary/aromatic N) is 1. The van der Waals surface area contributed by atoms with Crippen molar-refractivity contribution in [2.24, 2.45) is 0 Å². The minimum Gasteiger partial charge on any atom is -0.388 e. The molecule has 3 rings (SSSR count). The fraction of sp³-hybridized carbons (Fsp3) is 0. The molecule has 0 unspecified atom stereocenters. The lowest BCUT2D eigenvalue weighted by atomic mass is 10.2. The van der Waals surface area contributed by atoms with Crippen LogP contribution in [0.1, 0.15) is 0 Å². The Morgan fingerprint density at radius 3 is 3.00 bits per heavy atom. The van der Waals surface area contributed by atoms with Crippen molar-refractivity contribution in [1.82, 2.24) is 10.2 Å². The van der Waals surface area contributed by atoms with E-state index in [1.807, 2.05) is 29.6 Å². The maximum Gasteiger partial charge on any atom is 0.434 e. The molecule has 4 nitrogen and oxygen atoms in total. The topological polar surface area (TPSA) is 58.9 Å². The molecule has 0 aliphatic heterocycles. The zero-order chi connectivity index (χ0) is 10.3. The third kappa shape index (κ3) is 1.28. The maximum atomic E-state index is 10.8. The van der Waals surface area contributed by atoms with E-state index in [-0.39, 0.29) is 0 Å². The molecule has 0 aliphatic rings. The fourth-order valence-corrected chi connectivity index (χ4v) is 2.42. The summed E-state index contributed by atoms with van der Waals surface area (Å²) in [6.45, 7) is 0. The molecule has 1 aromatic carbocycles. The minimum absolute atomic E-state index is 0.345. The molecule has 74 valence electrons. The van der Waals surface area contributed by atoms with Crippen molar-refractivity contribution in [2.45, 2.75) is 0 Å². The van der Waals surface area contributed by atoms with Gasteiger partial charge in [0, 0.05) is 15.5 Å². The van der Waals surface area contributed by atoms with Gasteiger partial charge in [-0.25, -0.2) is 9.89 Å². The first-order valence-corrected chi connectivity index (χ1v) is 5.25. The summed E-state index contributed by atoms with van der Waals surface area (Å²) >= 11 is 1.60. The van der Waals surface area contributed by atoms with E-state index < -0.39 is 5.76 Å². The average molecular weight is 218 g/mol. The zero-order valence-electron chi connectivity index (χ0n) is 7.56. The largest absolute Gasteiger partial charge is 0.434 e. The summed E-state index contributed by atoms with van der Waals surface area (Å²) in [5, 5.41) is 9.05. The van der Waals surface area contributed by atoms with Crippen molar-refractivity contribution in [2.75, 3.05) is 0 Å². The number of hydrogen-bond acceptors (Lipinski definition) is 4. The quantitative estimate of drug-likeness (QED) is 0.681. The number of aromatic amines is 1. The molecule has 1 N–H and O–H groups in total. The molecule has 0 aliphatic carbocycles. The van der Waals surface area contributed by atoms with Crippen LogP contribution in [0.15, 0.2) is 38.9 Å². The Balaban J connectivity index is 2.32. The standard InChI is InChI=1S/C10H6N2O2S/c13-10-12-11-9(14-10)7-5-15-8-4-2-1-3-6(7)8/h1-5H,(H,12,13). The SMILES string of the molecule is O=c1[nH]nc(-c2csc3ccccc23)o1. The lowest BCUT2D eigenvalue weighted by Crippen LogP contribution is -1.93. The van der Waals surface area contributed by atoms with Gasteiger partial charge in [-0.3, -0.25) is 0 Å². The van der Waals surface area contributed by atoms with Crippen LogP contribution in [-0.4, -0.2) is 10.2 Å². The van der Waals surface area contributed by atoms with E-state index in [9.17, 15) is 4.79 Å². The Hall–Kier alpha value is -1.88. The highest BCUT2D eigenvalue weighted by Crippen LogP contribution is 2.31. The Morgan fingerprint density at radius 2 is 2.20 bits per heavy atom. The van der Waals surface area contributed by atoms with E-state index >= 15 is 0 Å². The van der Waals surface area contributed by atoms with Gasteiger partial charge in [0.1, 0.15) is 0 Å². The van der Waals surface area contributed by atoms with Crippen molar-refractivity contribution >= 4 is 21.4 Å². The van der Waals surface area contributed by atoms with Crippen LogP contribution >= 0.6 is 11.3 Å². The van der Waals surface area contributed by atoms with Gasteiger partial charge in [-0.05, 0) is 6.07 Å². The predicted molar refractivity (Wildman–Crippen MR) is 57.9 cm³/mol. The highest BCUT2D eigenvalue weighted by molar-refractivity contribution is 7.17. The fourth-order valence-electron chi connectivity index (χ4n) is 1.49. The summed E-state index contributed by atoms with van der Waals surface area (Å²) in [5.41, 5.74) is 0.856. The van der Waals surface area contributed by atoms with Gasteiger partial charge in [0.15, 0.2) is 0 Å². The van der Waals surface area contributed by atoms with Crippen LogP contribution in [-0.2, 0) is 0 Å². The number of benzene rings is 1. The van der Waals surface area contributed by atoms with E-state index in [2.05, 4.69) is 10.2 Å². The van der Waals surface area contributed by atoms with Crippen LogP contribution in [0.25, 0.3) is 21.5 Å². The molecule has 0 radical (unpaired) electrons. The van der Waals surface area contributed by atoms with Crippen LogP contribution in [0.2, 0.25) is 0 Å². The first-order valence-electron chi connectivity index (χ1n) is 4.37. The molecule has 2 aromatic heterocycles. The summed E-state index contributed by atoms with van der Waals surface area (Å²) in [5.74, 6) is -0.183. The third-order valence-electron chi connectivity index (χ3n) is 2.15. The number of H-pyrrole nitrogens is 1. The van der Waals surface area contributed by atoms with Crippen LogP contribution in [0.3, 0.4) is 0 Å². The molecular weight excluding hydrogens is 212 g/mol. The highest BCUT2D eigenvalue weighted by Gasteiger charge is 2.10. The van der Waals surface area contributed by atoms with Crippen LogP contribution in [0.4, 0.5) is 0 Å². The summed E-state index contributed by atoms with van der Waals surface area (Å²) < 4.78 is 6.07. The Bertz CT molecular complexity index is 665. The number of aromatic nitrogens is 2. The summed E-state index contributed by atoms with van der Waals surface area (Å²) in [6.07, 6.45) is 0. The minimum atomic E-state index is -0.528. The molecule has 0 bridgehead atoms. The molecule has 0 spiro atoms. The second-order valence-electron chi connectivity index (χ2n) is 3.06. The normalized spacial score (nSPS) is 10.9. The summed E-state index contributed by atoms with van der Waals surface area (Å²) in [6, 6.07) is 7.93. The first-order chi connectivity index (χ1) is 7.34. The predicted octanol–water partition coefficient (Wildman–Crippen LogP) is 2.24. The van der Waals surface area contributed by atoms with Gasteiger partial charge in [0.25, 0.3) is 5.89 Å². The molecule has 0 atom stereocenters. The van der Waals surface area contributed by atoms with Gasteiger partial charge in [-0.1, -0.05) is 18.2 Å². The summed E-state index contributed by atoms with van der Waals surface area (Å²) in [4.78, 5) is 10.8. The molecule has 2 heterocycles. The Labute approximate surface area is 88.2 Å². The number of fused-ring (bicyclic) bond motifs is 1. The third-order valence-corrected chi connectivity index (χ3v) is 3.11. The van der Waals surface area contributed by atoms with E-state index in [0.717, 1.165) is 15.6 Å². The second-order valence-corrected chi connectivity index (χ2v) is 3.98. The Morgan fingerprint density at radius 1 is 1.33 bits per heavy atom. The molecular formula is C10H6N2O2S. The summed E-state index contributed by atoms with van der Waals surface area (Å²) in [7, 11) is 0. The Kier molecular flexibility index (Phi) is 1.72. The van der Waals surface area contributed by atoms with Crippen molar-refractivity contribution in [3.63, 3.8) is 0 Å². The molecule has 3 aromatic rings. The number of thiophene rings is 1. The van der Waals surface area contributed by atoms with Gasteiger partial charge >= 0.3 is 5.76 Å². The van der Waals surface area contributed by atoms with Crippen molar-refractivity contribution in [1.29, 1.82) is 0 Å². The number of hydrogen-bond donors (Lipinski definition) is 1. The zero-order valence-corrected chi connectivity index (χ0v) is 8.38. The van der Waals surface area contributed by atoms with E-state index in [1.165, 1.54) is 0 Å². The van der Waals surface area contributed by atoms with Crippen LogP contribution in [0.5, 0.6) is 0 Å². The molecule has 0 amide bonds. The average Bonchev–Trinajstić information content (AvgIpc) is 2.83. The molecule has 0 saturated heterocycles. The lowest BCUT2D eigenvalue weighted by Gasteiger charge is -1.90. The maximum absolute atomic E-state index is 10.8. The molecule has 15 heavy (non-hydrogen) atoms. The van der Waals surface area contributed by atoms with Crippen molar-refractivity contribution < 1.29 is 4.42 Å².